The molecule has 0 aliphatic heterocycles. The Balaban J connectivity index is 4.39. The Morgan fingerprint density at radius 2 is 2.00 bits per heavy atom. The van der Waals surface area contributed by atoms with Crippen molar-refractivity contribution in [2.75, 3.05) is 13.2 Å². The number of rotatable bonds is 8. The molecule has 0 saturated carbocycles. The normalized spacial score (nSPS) is 16.6. The maximum absolute atomic E-state index is 12.0. The maximum atomic E-state index is 12.0. The summed E-state index contributed by atoms with van der Waals surface area (Å²) in [4.78, 5) is 12.0. The molecule has 17 heavy (non-hydrogen) atoms. The predicted molar refractivity (Wildman–Crippen MR) is 70.8 cm³/mol. The van der Waals surface area contributed by atoms with Gasteiger partial charge >= 0.3 is 0 Å². The van der Waals surface area contributed by atoms with Crippen molar-refractivity contribution in [2.24, 2.45) is 11.7 Å². The van der Waals surface area contributed by atoms with Crippen LogP contribution in [0.4, 0.5) is 0 Å². The van der Waals surface area contributed by atoms with Gasteiger partial charge in [0.1, 0.15) is 0 Å². The SMILES string of the molecule is CCCC(C)(N)C(=O)NC(COCC)C(C)C. The van der Waals surface area contributed by atoms with Crippen molar-refractivity contribution < 1.29 is 9.53 Å². The number of nitrogens with one attached hydrogen (secondary N) is 1. The Hall–Kier alpha value is -0.610. The van der Waals surface area contributed by atoms with E-state index in [1.54, 1.807) is 6.92 Å². The summed E-state index contributed by atoms with van der Waals surface area (Å²) in [7, 11) is 0. The van der Waals surface area contributed by atoms with E-state index in [0.717, 1.165) is 6.42 Å². The van der Waals surface area contributed by atoms with Crippen LogP contribution in [-0.2, 0) is 9.53 Å². The lowest BCUT2D eigenvalue weighted by Crippen LogP contribution is -2.56. The standard InChI is InChI=1S/C13H28N2O2/c1-6-8-13(5,14)12(16)15-11(10(3)4)9-17-7-2/h10-11H,6-9,14H2,1-5H3,(H,15,16). The van der Waals surface area contributed by atoms with E-state index in [9.17, 15) is 4.79 Å². The molecule has 3 N–H and O–H groups in total. The van der Waals surface area contributed by atoms with Gasteiger partial charge in [-0.1, -0.05) is 27.2 Å². The lowest BCUT2D eigenvalue weighted by atomic mass is 9.95. The van der Waals surface area contributed by atoms with Gasteiger partial charge in [-0.25, -0.2) is 0 Å². The smallest absolute Gasteiger partial charge is 0.240 e. The van der Waals surface area contributed by atoms with E-state index in [2.05, 4.69) is 19.2 Å². The molecule has 0 radical (unpaired) electrons. The van der Waals surface area contributed by atoms with E-state index in [1.165, 1.54) is 0 Å². The summed E-state index contributed by atoms with van der Waals surface area (Å²) >= 11 is 0. The Kier molecular flexibility index (Phi) is 7.39. The molecule has 0 saturated heterocycles. The molecule has 0 spiro atoms. The topological polar surface area (TPSA) is 64.4 Å². The van der Waals surface area contributed by atoms with Gasteiger partial charge in [0, 0.05) is 6.61 Å². The van der Waals surface area contributed by atoms with Crippen LogP contribution in [0.25, 0.3) is 0 Å². The number of hydrogen-bond donors (Lipinski definition) is 2. The van der Waals surface area contributed by atoms with Gasteiger partial charge in [-0.3, -0.25) is 4.79 Å². The molecule has 0 rings (SSSR count). The largest absolute Gasteiger partial charge is 0.380 e. The first-order valence-electron chi connectivity index (χ1n) is 6.52. The van der Waals surface area contributed by atoms with Gasteiger partial charge in [0.05, 0.1) is 18.2 Å². The predicted octanol–water partition coefficient (Wildman–Crippen LogP) is 1.68. The molecule has 0 fully saturated rings. The molecule has 0 aromatic carbocycles. The number of carbonyl (C=O) groups excluding carboxylic acids is 1. The number of carbonyl (C=O) groups is 1. The third kappa shape index (κ3) is 6.03. The quantitative estimate of drug-likeness (QED) is 0.683. The van der Waals surface area contributed by atoms with Crippen LogP contribution in [0.15, 0.2) is 0 Å². The molecule has 0 aliphatic rings. The van der Waals surface area contributed by atoms with Gasteiger partial charge in [0.25, 0.3) is 0 Å². The van der Waals surface area contributed by atoms with Crippen molar-refractivity contribution in [1.29, 1.82) is 0 Å². The Morgan fingerprint density at radius 3 is 2.41 bits per heavy atom. The van der Waals surface area contributed by atoms with Crippen molar-refractivity contribution in [2.45, 2.75) is 59.0 Å². The van der Waals surface area contributed by atoms with E-state index in [0.29, 0.717) is 25.6 Å². The summed E-state index contributed by atoms with van der Waals surface area (Å²) in [6.45, 7) is 11.1. The van der Waals surface area contributed by atoms with E-state index < -0.39 is 5.54 Å². The molecule has 0 aromatic rings. The lowest BCUT2D eigenvalue weighted by molar-refractivity contribution is -0.127. The molecule has 0 heterocycles. The van der Waals surface area contributed by atoms with Crippen molar-refractivity contribution in [3.63, 3.8) is 0 Å². The average molecular weight is 244 g/mol. The second-order valence-corrected chi connectivity index (χ2v) is 5.15. The summed E-state index contributed by atoms with van der Waals surface area (Å²) in [5.74, 6) is 0.251. The fourth-order valence-corrected chi connectivity index (χ4v) is 1.61. The molecule has 2 atom stereocenters. The fourth-order valence-electron chi connectivity index (χ4n) is 1.61. The first-order chi connectivity index (χ1) is 7.85. The molecular formula is C13H28N2O2. The molecule has 4 nitrogen and oxygen atoms in total. The molecular weight excluding hydrogens is 216 g/mol. The van der Waals surface area contributed by atoms with Crippen molar-refractivity contribution in [3.05, 3.63) is 0 Å². The van der Waals surface area contributed by atoms with Crippen molar-refractivity contribution >= 4 is 5.91 Å². The third-order valence-corrected chi connectivity index (χ3v) is 2.91. The molecule has 2 unspecified atom stereocenters. The molecule has 0 bridgehead atoms. The maximum Gasteiger partial charge on any atom is 0.240 e. The highest BCUT2D eigenvalue weighted by atomic mass is 16.5. The van der Waals surface area contributed by atoms with E-state index in [-0.39, 0.29) is 11.9 Å². The van der Waals surface area contributed by atoms with Crippen LogP contribution in [0.1, 0.15) is 47.5 Å². The highest BCUT2D eigenvalue weighted by Crippen LogP contribution is 2.11. The molecule has 0 aromatic heterocycles. The van der Waals surface area contributed by atoms with Gasteiger partial charge in [-0.15, -0.1) is 0 Å². The number of ether oxygens (including phenoxy) is 1. The van der Waals surface area contributed by atoms with Crippen LogP contribution in [0.2, 0.25) is 0 Å². The van der Waals surface area contributed by atoms with E-state index >= 15 is 0 Å². The summed E-state index contributed by atoms with van der Waals surface area (Å²) in [6.07, 6.45) is 1.59. The summed E-state index contributed by atoms with van der Waals surface area (Å²) in [5, 5.41) is 2.99. The minimum atomic E-state index is -0.784. The summed E-state index contributed by atoms with van der Waals surface area (Å²) in [6, 6.07) is 0.0298. The van der Waals surface area contributed by atoms with E-state index in [4.69, 9.17) is 10.5 Å². The van der Waals surface area contributed by atoms with Crippen LogP contribution < -0.4 is 11.1 Å². The molecule has 1 amide bonds. The lowest BCUT2D eigenvalue weighted by Gasteiger charge is -2.28. The number of nitrogens with two attached hydrogens (primary N) is 1. The average Bonchev–Trinajstić information content (AvgIpc) is 2.23. The first kappa shape index (κ1) is 16.4. The highest BCUT2D eigenvalue weighted by Gasteiger charge is 2.29. The van der Waals surface area contributed by atoms with Gasteiger partial charge in [-0.05, 0) is 26.2 Å². The highest BCUT2D eigenvalue weighted by molar-refractivity contribution is 5.85. The zero-order chi connectivity index (χ0) is 13.5. The first-order valence-corrected chi connectivity index (χ1v) is 6.52. The zero-order valence-corrected chi connectivity index (χ0v) is 11.9. The molecule has 102 valence electrons. The van der Waals surface area contributed by atoms with Gasteiger partial charge in [0.15, 0.2) is 0 Å². The minimum absolute atomic E-state index is 0.0298. The van der Waals surface area contributed by atoms with Gasteiger partial charge < -0.3 is 15.8 Å². The number of amides is 1. The Labute approximate surface area is 105 Å². The van der Waals surface area contributed by atoms with E-state index in [1.807, 2.05) is 13.8 Å². The Morgan fingerprint density at radius 1 is 1.41 bits per heavy atom. The van der Waals surface area contributed by atoms with Crippen molar-refractivity contribution in [3.8, 4) is 0 Å². The third-order valence-electron chi connectivity index (χ3n) is 2.91. The Bertz CT molecular complexity index is 227. The summed E-state index contributed by atoms with van der Waals surface area (Å²) in [5.41, 5.74) is 5.21. The molecule has 0 aliphatic carbocycles. The van der Waals surface area contributed by atoms with Crippen LogP contribution in [0.3, 0.4) is 0 Å². The minimum Gasteiger partial charge on any atom is -0.380 e. The van der Waals surface area contributed by atoms with Crippen molar-refractivity contribution in [1.82, 2.24) is 5.32 Å². The fraction of sp³-hybridized carbons (Fsp3) is 0.923. The second kappa shape index (κ2) is 7.67. The van der Waals surface area contributed by atoms with Gasteiger partial charge in [0.2, 0.25) is 5.91 Å². The van der Waals surface area contributed by atoms with Gasteiger partial charge in [-0.2, -0.15) is 0 Å². The van der Waals surface area contributed by atoms with Crippen LogP contribution >= 0.6 is 0 Å². The number of hydrogen-bond acceptors (Lipinski definition) is 3. The van der Waals surface area contributed by atoms with Crippen LogP contribution in [-0.4, -0.2) is 30.7 Å². The molecule has 4 heteroatoms. The van der Waals surface area contributed by atoms with Crippen LogP contribution in [0.5, 0.6) is 0 Å². The monoisotopic (exact) mass is 244 g/mol. The zero-order valence-electron chi connectivity index (χ0n) is 11.9. The van der Waals surface area contributed by atoms with Crippen LogP contribution in [0, 0.1) is 5.92 Å². The second-order valence-electron chi connectivity index (χ2n) is 5.15. The summed E-state index contributed by atoms with van der Waals surface area (Å²) < 4.78 is 5.37.